The van der Waals surface area contributed by atoms with Gasteiger partial charge in [-0.3, -0.25) is 4.79 Å². The third-order valence-electron chi connectivity index (χ3n) is 5.69. The fraction of sp³-hybridized carbons (Fsp3) is 0.364. The lowest BCUT2D eigenvalue weighted by molar-refractivity contribution is -0.151. The number of piperidine rings is 1. The number of amides is 2. The van der Waals surface area contributed by atoms with Gasteiger partial charge in [0.15, 0.2) is 0 Å². The molecule has 0 spiro atoms. The number of rotatable bonds is 5. The highest BCUT2D eigenvalue weighted by atomic mass is 32.2. The first-order chi connectivity index (χ1) is 14.4. The monoisotopic (exact) mass is 428 g/mol. The van der Waals surface area contributed by atoms with Crippen LogP contribution in [0.1, 0.15) is 31.2 Å². The summed E-state index contributed by atoms with van der Waals surface area (Å²) in [5.41, 5.74) is 0.897. The summed E-state index contributed by atoms with van der Waals surface area (Å²) < 4.78 is 32.8. The number of carbonyl (C=O) groups is 2. The van der Waals surface area contributed by atoms with E-state index in [-0.39, 0.29) is 35.5 Å². The van der Waals surface area contributed by atoms with Crippen LogP contribution in [0.4, 0.5) is 4.79 Å². The maximum atomic E-state index is 12.7. The lowest BCUT2D eigenvalue weighted by atomic mass is 10.00. The van der Waals surface area contributed by atoms with Gasteiger partial charge in [-0.2, -0.15) is 0 Å². The van der Waals surface area contributed by atoms with Crippen LogP contribution in [0.3, 0.4) is 0 Å². The summed E-state index contributed by atoms with van der Waals surface area (Å²) >= 11 is 0. The highest BCUT2D eigenvalue weighted by Crippen LogP contribution is 2.37. The van der Waals surface area contributed by atoms with Crippen molar-refractivity contribution in [3.63, 3.8) is 0 Å². The molecular weight excluding hydrogens is 404 g/mol. The van der Waals surface area contributed by atoms with Crippen LogP contribution in [0.5, 0.6) is 0 Å². The van der Waals surface area contributed by atoms with Crippen LogP contribution < -0.4 is 4.72 Å². The number of ether oxygens (including phenoxy) is 1. The standard InChI is InChI=1S/C22H24N2O5S/c25-21(13-16-7-3-1-4-8-16)29-19-14-17-11-12-18(15-19)24(17)22(26)23-30(27,28)20-9-5-2-6-10-20/h1-10,17-19H,11-15H2,(H,23,26)/t17-,18+,19?. The maximum Gasteiger partial charge on any atom is 0.331 e. The summed E-state index contributed by atoms with van der Waals surface area (Å²) in [5, 5.41) is 0. The van der Waals surface area contributed by atoms with E-state index >= 15 is 0 Å². The number of esters is 1. The SMILES string of the molecule is O=C(Cc1ccccc1)OC1C[C@H]2CC[C@@H](C1)N2C(=O)NS(=O)(=O)c1ccccc1. The Labute approximate surface area is 176 Å². The Morgan fingerprint density at radius 3 is 2.10 bits per heavy atom. The van der Waals surface area contributed by atoms with Gasteiger partial charge in [0.05, 0.1) is 11.3 Å². The second-order valence-corrected chi connectivity index (χ2v) is 9.44. The van der Waals surface area contributed by atoms with E-state index in [4.69, 9.17) is 4.74 Å². The van der Waals surface area contributed by atoms with E-state index in [2.05, 4.69) is 4.72 Å². The number of fused-ring (bicyclic) bond motifs is 2. The molecule has 2 saturated heterocycles. The fourth-order valence-electron chi connectivity index (χ4n) is 4.37. The van der Waals surface area contributed by atoms with E-state index in [1.165, 1.54) is 12.1 Å². The predicted molar refractivity (Wildman–Crippen MR) is 110 cm³/mol. The van der Waals surface area contributed by atoms with Crippen molar-refractivity contribution in [2.24, 2.45) is 0 Å². The Morgan fingerprint density at radius 1 is 0.933 bits per heavy atom. The summed E-state index contributed by atoms with van der Waals surface area (Å²) in [4.78, 5) is 26.7. The molecule has 2 aliphatic rings. The van der Waals surface area contributed by atoms with Crippen LogP contribution in [0, 0.1) is 0 Å². The molecule has 2 heterocycles. The Hall–Kier alpha value is -2.87. The first-order valence-electron chi connectivity index (χ1n) is 10.1. The van der Waals surface area contributed by atoms with Crippen LogP contribution in [0.2, 0.25) is 0 Å². The Morgan fingerprint density at radius 2 is 1.50 bits per heavy atom. The van der Waals surface area contributed by atoms with Crippen molar-refractivity contribution in [3.8, 4) is 0 Å². The van der Waals surface area contributed by atoms with Crippen LogP contribution in [-0.2, 0) is 26.0 Å². The Balaban J connectivity index is 1.36. The molecule has 4 rings (SSSR count). The van der Waals surface area contributed by atoms with E-state index in [1.54, 1.807) is 23.1 Å². The first-order valence-corrected chi connectivity index (χ1v) is 11.5. The topological polar surface area (TPSA) is 92.8 Å². The molecule has 1 unspecified atom stereocenters. The number of sulfonamides is 1. The molecule has 2 aromatic carbocycles. The number of hydrogen-bond acceptors (Lipinski definition) is 5. The van der Waals surface area contributed by atoms with Gasteiger partial charge >= 0.3 is 12.0 Å². The number of hydrogen-bond donors (Lipinski definition) is 1. The molecular formula is C22H24N2O5S. The lowest BCUT2D eigenvalue weighted by Crippen LogP contribution is -2.53. The van der Waals surface area contributed by atoms with Crippen LogP contribution >= 0.6 is 0 Å². The summed E-state index contributed by atoms with van der Waals surface area (Å²) in [6.07, 6.45) is 2.55. The fourth-order valence-corrected chi connectivity index (χ4v) is 5.34. The molecule has 8 heteroatoms. The van der Waals surface area contributed by atoms with Gasteiger partial charge in [0.2, 0.25) is 0 Å². The normalized spacial score (nSPS) is 23.1. The molecule has 2 aromatic rings. The predicted octanol–water partition coefficient (Wildman–Crippen LogP) is 2.87. The summed E-state index contributed by atoms with van der Waals surface area (Å²) in [7, 11) is -3.92. The third kappa shape index (κ3) is 4.48. The van der Waals surface area contributed by atoms with Crippen molar-refractivity contribution < 1.29 is 22.7 Å². The van der Waals surface area contributed by atoms with E-state index in [0.29, 0.717) is 12.8 Å². The van der Waals surface area contributed by atoms with Crippen LogP contribution in [0.25, 0.3) is 0 Å². The molecule has 2 bridgehead atoms. The zero-order chi connectivity index (χ0) is 21.1. The van der Waals surface area contributed by atoms with Gasteiger partial charge < -0.3 is 9.64 Å². The molecule has 2 aliphatic heterocycles. The summed E-state index contributed by atoms with van der Waals surface area (Å²) in [6, 6.07) is 16.4. The first kappa shape index (κ1) is 20.4. The molecule has 0 aliphatic carbocycles. The molecule has 2 fully saturated rings. The van der Waals surface area contributed by atoms with Gasteiger partial charge in [-0.05, 0) is 30.5 Å². The van der Waals surface area contributed by atoms with E-state index in [0.717, 1.165) is 18.4 Å². The van der Waals surface area contributed by atoms with Crippen molar-refractivity contribution in [2.75, 3.05) is 0 Å². The highest BCUT2D eigenvalue weighted by Gasteiger charge is 2.45. The number of nitrogens with one attached hydrogen (secondary N) is 1. The maximum absolute atomic E-state index is 12.7. The summed E-state index contributed by atoms with van der Waals surface area (Å²) in [5.74, 6) is -0.282. The molecule has 1 N–H and O–H groups in total. The van der Waals surface area contributed by atoms with Crippen molar-refractivity contribution in [2.45, 2.75) is 55.2 Å². The minimum absolute atomic E-state index is 0.0513. The Bertz CT molecular complexity index is 996. The van der Waals surface area contributed by atoms with E-state index in [9.17, 15) is 18.0 Å². The highest BCUT2D eigenvalue weighted by molar-refractivity contribution is 7.90. The van der Waals surface area contributed by atoms with Gasteiger partial charge in [-0.1, -0.05) is 48.5 Å². The average molecular weight is 429 g/mol. The van der Waals surface area contributed by atoms with E-state index in [1.807, 2.05) is 30.3 Å². The van der Waals surface area contributed by atoms with Crippen molar-refractivity contribution in [1.82, 2.24) is 9.62 Å². The number of urea groups is 1. The van der Waals surface area contributed by atoms with Crippen LogP contribution in [0.15, 0.2) is 65.6 Å². The van der Waals surface area contributed by atoms with Gasteiger partial charge in [-0.15, -0.1) is 0 Å². The minimum atomic E-state index is -3.92. The third-order valence-corrected chi connectivity index (χ3v) is 7.03. The zero-order valence-corrected chi connectivity index (χ0v) is 17.3. The van der Waals surface area contributed by atoms with Crippen molar-refractivity contribution >= 4 is 22.0 Å². The molecule has 3 atom stereocenters. The molecule has 0 radical (unpaired) electrons. The molecule has 0 aromatic heterocycles. The smallest absolute Gasteiger partial charge is 0.331 e. The second kappa shape index (κ2) is 8.47. The van der Waals surface area contributed by atoms with Gasteiger partial charge in [0.25, 0.3) is 10.0 Å². The average Bonchev–Trinajstić information content (AvgIpc) is 3.00. The van der Waals surface area contributed by atoms with E-state index < -0.39 is 16.1 Å². The number of nitrogens with zero attached hydrogens (tertiary/aromatic N) is 1. The molecule has 7 nitrogen and oxygen atoms in total. The quantitative estimate of drug-likeness (QED) is 0.740. The van der Waals surface area contributed by atoms with Gasteiger partial charge in [-0.25, -0.2) is 17.9 Å². The van der Waals surface area contributed by atoms with Crippen molar-refractivity contribution in [3.05, 3.63) is 66.2 Å². The molecule has 0 saturated carbocycles. The minimum Gasteiger partial charge on any atom is -0.462 e. The Kier molecular flexibility index (Phi) is 5.76. The molecule has 2 amide bonds. The van der Waals surface area contributed by atoms with Gasteiger partial charge in [0.1, 0.15) is 6.10 Å². The molecule has 30 heavy (non-hydrogen) atoms. The van der Waals surface area contributed by atoms with Gasteiger partial charge in [0, 0.05) is 24.9 Å². The van der Waals surface area contributed by atoms with Crippen LogP contribution in [-0.4, -0.2) is 43.5 Å². The molecule has 158 valence electrons. The summed E-state index contributed by atoms with van der Waals surface area (Å²) in [6.45, 7) is 0. The number of carbonyl (C=O) groups excluding carboxylic acids is 2. The zero-order valence-electron chi connectivity index (χ0n) is 16.4. The second-order valence-electron chi connectivity index (χ2n) is 7.76. The number of benzene rings is 2. The van der Waals surface area contributed by atoms with Crippen molar-refractivity contribution in [1.29, 1.82) is 0 Å². The lowest BCUT2D eigenvalue weighted by Gasteiger charge is -2.38. The largest absolute Gasteiger partial charge is 0.462 e.